The van der Waals surface area contributed by atoms with Crippen LogP contribution in [0.2, 0.25) is 0 Å². The van der Waals surface area contributed by atoms with Crippen molar-refractivity contribution in [3.8, 4) is 0 Å². The standard InChI is InChI=1S/C4H9O.2C3H7O.Ga/c1-3-4(2)5;2*1-3(2)4;/h4H,3H2,1-2H3;2*3H,1-2H3;/q3*-1;+3. The molecule has 0 saturated carbocycles. The van der Waals surface area contributed by atoms with E-state index in [2.05, 4.69) is 13.8 Å². The second-order valence-electron chi connectivity index (χ2n) is 4.01. The summed E-state index contributed by atoms with van der Waals surface area (Å²) >= 11 is -2.41. The molecule has 0 aromatic rings. The summed E-state index contributed by atoms with van der Waals surface area (Å²) in [6.07, 6.45) is 1.65. The molecule has 0 radical (unpaired) electrons. The summed E-state index contributed by atoms with van der Waals surface area (Å²) in [5.41, 5.74) is 0. The van der Waals surface area contributed by atoms with Crippen LogP contribution >= 0.6 is 0 Å². The van der Waals surface area contributed by atoms with Crippen LogP contribution in [0.25, 0.3) is 0 Å². The Morgan fingerprint density at radius 1 is 0.857 bits per heavy atom. The third-order valence-electron chi connectivity index (χ3n) is 1.68. The van der Waals surface area contributed by atoms with Crippen LogP contribution in [0.15, 0.2) is 0 Å². The Kier molecular flexibility index (Phi) is 8.05. The van der Waals surface area contributed by atoms with Gasteiger partial charge in [0.1, 0.15) is 0 Å². The summed E-state index contributed by atoms with van der Waals surface area (Å²) in [7, 11) is 0. The Morgan fingerprint density at radius 3 is 1.57 bits per heavy atom. The maximum absolute atomic E-state index is 5.76. The molecule has 0 aliphatic rings. The molecule has 4 heteroatoms. The fraction of sp³-hybridized carbons (Fsp3) is 1.00. The molecule has 0 rings (SSSR count). The molecule has 14 heavy (non-hydrogen) atoms. The first-order chi connectivity index (χ1) is 6.45. The van der Waals surface area contributed by atoms with E-state index in [1.54, 1.807) is 0 Å². The fourth-order valence-electron chi connectivity index (χ4n) is 0.827. The third-order valence-corrected chi connectivity index (χ3v) is 6.34. The van der Waals surface area contributed by atoms with Gasteiger partial charge in [-0.2, -0.15) is 0 Å². The van der Waals surface area contributed by atoms with E-state index in [1.165, 1.54) is 0 Å². The van der Waals surface area contributed by atoms with Crippen LogP contribution in [0.5, 0.6) is 0 Å². The average molecular weight is 261 g/mol. The van der Waals surface area contributed by atoms with Gasteiger partial charge in [0.2, 0.25) is 0 Å². The molecule has 0 aliphatic carbocycles. The topological polar surface area (TPSA) is 27.7 Å². The molecule has 0 spiro atoms. The van der Waals surface area contributed by atoms with Crippen molar-refractivity contribution < 1.29 is 10.6 Å². The van der Waals surface area contributed by atoms with Crippen molar-refractivity contribution in [1.82, 2.24) is 0 Å². The van der Waals surface area contributed by atoms with Crippen LogP contribution in [0.4, 0.5) is 0 Å². The molecule has 0 heterocycles. The monoisotopic (exact) mass is 260 g/mol. The quantitative estimate of drug-likeness (QED) is 0.659. The molecule has 0 aromatic carbocycles. The second kappa shape index (κ2) is 7.76. The molecule has 3 nitrogen and oxygen atoms in total. The molecular formula is C10H23GaO3. The first kappa shape index (κ1) is 14.5. The molecule has 0 amide bonds. The molecule has 1 atom stereocenters. The number of hydrogen-bond acceptors (Lipinski definition) is 3. The van der Waals surface area contributed by atoms with Gasteiger partial charge in [0.25, 0.3) is 0 Å². The van der Waals surface area contributed by atoms with Gasteiger partial charge in [-0.25, -0.2) is 0 Å². The maximum atomic E-state index is 5.76. The van der Waals surface area contributed by atoms with Crippen LogP contribution in [0, 0.1) is 0 Å². The molecule has 0 bridgehead atoms. The Labute approximate surface area is 94.4 Å². The molecular weight excluding hydrogens is 238 g/mol. The van der Waals surface area contributed by atoms with Crippen molar-refractivity contribution in [3.63, 3.8) is 0 Å². The van der Waals surface area contributed by atoms with E-state index in [1.807, 2.05) is 27.7 Å². The van der Waals surface area contributed by atoms with Crippen molar-refractivity contribution in [1.29, 1.82) is 0 Å². The van der Waals surface area contributed by atoms with Gasteiger partial charge in [-0.05, 0) is 0 Å². The number of rotatable bonds is 7. The summed E-state index contributed by atoms with van der Waals surface area (Å²) in [4.78, 5) is 0. The van der Waals surface area contributed by atoms with Gasteiger partial charge < -0.3 is 0 Å². The zero-order chi connectivity index (χ0) is 11.1. The van der Waals surface area contributed by atoms with Crippen LogP contribution in [0.1, 0.15) is 48.0 Å². The Morgan fingerprint density at radius 2 is 1.29 bits per heavy atom. The summed E-state index contributed by atoms with van der Waals surface area (Å²) in [5, 5.41) is 0. The van der Waals surface area contributed by atoms with Crippen molar-refractivity contribution in [2.75, 3.05) is 0 Å². The molecule has 0 saturated heterocycles. The molecule has 0 aliphatic heterocycles. The van der Waals surface area contributed by atoms with Crippen molar-refractivity contribution in [2.45, 2.75) is 66.3 Å². The molecule has 0 N–H and O–H groups in total. The average Bonchev–Trinajstić information content (AvgIpc) is 2.01. The zero-order valence-corrected chi connectivity index (χ0v) is 12.7. The van der Waals surface area contributed by atoms with Crippen molar-refractivity contribution >= 4 is 17.3 Å². The van der Waals surface area contributed by atoms with Crippen LogP contribution in [-0.2, 0) is 10.6 Å². The van der Waals surface area contributed by atoms with Crippen molar-refractivity contribution in [2.24, 2.45) is 0 Å². The predicted molar refractivity (Wildman–Crippen MR) is 59.0 cm³/mol. The predicted octanol–water partition coefficient (Wildman–Crippen LogP) is 2.64. The minimum atomic E-state index is -2.41. The van der Waals surface area contributed by atoms with E-state index >= 15 is 0 Å². The molecule has 0 fully saturated rings. The summed E-state index contributed by atoms with van der Waals surface area (Å²) < 4.78 is 17.1. The third kappa shape index (κ3) is 7.88. The molecule has 1 unspecified atom stereocenters. The first-order valence-corrected chi connectivity index (χ1v) is 8.38. The van der Waals surface area contributed by atoms with Gasteiger partial charge in [0.15, 0.2) is 0 Å². The molecule has 84 valence electrons. The second-order valence-corrected chi connectivity index (χ2v) is 6.94. The van der Waals surface area contributed by atoms with Crippen LogP contribution in [0.3, 0.4) is 0 Å². The Hall–Kier alpha value is 0.516. The SMILES string of the molecule is CCC(C)[O][Ga]([O]C(C)C)[O]C(C)C. The van der Waals surface area contributed by atoms with E-state index in [0.717, 1.165) is 6.42 Å². The summed E-state index contributed by atoms with van der Waals surface area (Å²) in [5.74, 6) is 0. The normalized spacial score (nSPS) is 13.7. The van der Waals surface area contributed by atoms with Crippen molar-refractivity contribution in [3.05, 3.63) is 0 Å². The van der Waals surface area contributed by atoms with Gasteiger partial charge >= 0.3 is 94.2 Å². The van der Waals surface area contributed by atoms with Gasteiger partial charge in [-0.3, -0.25) is 0 Å². The van der Waals surface area contributed by atoms with E-state index in [9.17, 15) is 0 Å². The van der Waals surface area contributed by atoms with E-state index in [0.29, 0.717) is 0 Å². The van der Waals surface area contributed by atoms with Gasteiger partial charge in [-0.1, -0.05) is 0 Å². The van der Waals surface area contributed by atoms with E-state index < -0.39 is 17.3 Å². The van der Waals surface area contributed by atoms with E-state index in [-0.39, 0.29) is 18.3 Å². The zero-order valence-electron chi connectivity index (χ0n) is 10.2. The minimum absolute atomic E-state index is 0.197. The Balaban J connectivity index is 3.96. The van der Waals surface area contributed by atoms with Crippen LogP contribution < -0.4 is 0 Å². The molecule has 0 aromatic heterocycles. The summed E-state index contributed by atoms with van der Waals surface area (Å²) in [6.45, 7) is 12.2. The van der Waals surface area contributed by atoms with Crippen LogP contribution in [-0.4, -0.2) is 35.6 Å². The van der Waals surface area contributed by atoms with Gasteiger partial charge in [0.05, 0.1) is 0 Å². The fourth-order valence-corrected chi connectivity index (χ4v) is 4.29. The van der Waals surface area contributed by atoms with E-state index in [4.69, 9.17) is 10.6 Å². The number of hydrogen-bond donors (Lipinski definition) is 0. The first-order valence-electron chi connectivity index (χ1n) is 5.42. The van der Waals surface area contributed by atoms with Gasteiger partial charge in [-0.15, -0.1) is 0 Å². The Bertz CT molecular complexity index is 129. The summed E-state index contributed by atoms with van der Waals surface area (Å²) in [6, 6.07) is 0. The van der Waals surface area contributed by atoms with Gasteiger partial charge in [0, 0.05) is 0 Å².